The average Bonchev–Trinajstić information content (AvgIpc) is 3.17. The lowest BCUT2D eigenvalue weighted by Crippen LogP contribution is -2.12. The number of carbonyl (C=O) groups excluding carboxylic acids is 1. The molecule has 3 heterocycles. The standard InChI is InChI=1S/C19H18ClN7O2S/c20-13-7-11(29-6-5-21)3-4-12(13)14-8-22-9-27(14)17-15-16(25-26-17)23-19(30-15)24-18(28)10-1-2-10/h3-4,7-10H,1-2,5-6,21H2,(H2,23,24,25,26,28). The largest absolute Gasteiger partial charge is 0.492 e. The van der Waals surface area contributed by atoms with E-state index < -0.39 is 0 Å². The third kappa shape index (κ3) is 3.53. The molecular weight excluding hydrogens is 426 g/mol. The molecule has 1 fully saturated rings. The van der Waals surface area contributed by atoms with Crippen molar-refractivity contribution >= 4 is 44.3 Å². The van der Waals surface area contributed by atoms with Gasteiger partial charge in [-0.25, -0.2) is 9.97 Å². The molecule has 1 amide bonds. The van der Waals surface area contributed by atoms with Crippen molar-refractivity contribution in [3.8, 4) is 22.8 Å². The second kappa shape index (κ2) is 7.71. The van der Waals surface area contributed by atoms with Crippen LogP contribution in [0.15, 0.2) is 30.7 Å². The van der Waals surface area contributed by atoms with Crippen molar-refractivity contribution in [2.75, 3.05) is 18.5 Å². The number of nitrogens with one attached hydrogen (secondary N) is 2. The summed E-state index contributed by atoms with van der Waals surface area (Å²) in [5, 5.41) is 11.3. The molecular formula is C19H18ClN7O2S. The minimum atomic E-state index is 0.0213. The number of hydrogen-bond donors (Lipinski definition) is 3. The SMILES string of the molecule is NCCOc1ccc(-c2cncn2-c2n[nH]c3nc(NC(=O)C4CC4)sc23)c(Cl)c1. The van der Waals surface area contributed by atoms with Crippen LogP contribution in [0.3, 0.4) is 0 Å². The van der Waals surface area contributed by atoms with E-state index in [1.165, 1.54) is 11.3 Å². The van der Waals surface area contributed by atoms with Gasteiger partial charge in [0.2, 0.25) is 5.91 Å². The smallest absolute Gasteiger partial charge is 0.229 e. The summed E-state index contributed by atoms with van der Waals surface area (Å²) in [6.07, 6.45) is 5.27. The minimum absolute atomic E-state index is 0.0213. The van der Waals surface area contributed by atoms with Crippen LogP contribution < -0.4 is 15.8 Å². The van der Waals surface area contributed by atoms with Crippen molar-refractivity contribution in [3.63, 3.8) is 0 Å². The number of carbonyl (C=O) groups is 1. The van der Waals surface area contributed by atoms with Gasteiger partial charge in [-0.3, -0.25) is 14.5 Å². The fourth-order valence-corrected chi connectivity index (χ4v) is 4.28. The van der Waals surface area contributed by atoms with Crippen LogP contribution in [-0.2, 0) is 4.79 Å². The maximum Gasteiger partial charge on any atom is 0.229 e. The summed E-state index contributed by atoms with van der Waals surface area (Å²) in [4.78, 5) is 20.8. The Balaban J connectivity index is 1.48. The molecule has 3 aromatic heterocycles. The molecule has 0 bridgehead atoms. The molecule has 0 unspecified atom stereocenters. The van der Waals surface area contributed by atoms with Gasteiger partial charge in [-0.1, -0.05) is 22.9 Å². The van der Waals surface area contributed by atoms with E-state index in [2.05, 4.69) is 25.5 Å². The molecule has 4 aromatic rings. The topological polar surface area (TPSA) is 124 Å². The van der Waals surface area contributed by atoms with E-state index in [1.807, 2.05) is 16.7 Å². The van der Waals surface area contributed by atoms with E-state index >= 15 is 0 Å². The van der Waals surface area contributed by atoms with E-state index in [-0.39, 0.29) is 11.8 Å². The number of thiazole rings is 1. The number of hydrogen-bond acceptors (Lipinski definition) is 7. The van der Waals surface area contributed by atoms with Gasteiger partial charge in [0.1, 0.15) is 23.4 Å². The number of nitrogens with two attached hydrogens (primary N) is 1. The van der Waals surface area contributed by atoms with Gasteiger partial charge in [0.05, 0.1) is 16.9 Å². The van der Waals surface area contributed by atoms with Crippen LogP contribution >= 0.6 is 22.9 Å². The fraction of sp³-hybridized carbons (Fsp3) is 0.263. The van der Waals surface area contributed by atoms with Gasteiger partial charge in [0.25, 0.3) is 0 Å². The Hall–Kier alpha value is -2.95. The van der Waals surface area contributed by atoms with Gasteiger partial charge >= 0.3 is 0 Å². The van der Waals surface area contributed by atoms with E-state index in [0.717, 1.165) is 28.8 Å². The first-order valence-corrected chi connectivity index (χ1v) is 10.6. The fourth-order valence-electron chi connectivity index (χ4n) is 3.11. The maximum atomic E-state index is 12.0. The Morgan fingerprint density at radius 2 is 2.30 bits per heavy atom. The monoisotopic (exact) mass is 443 g/mol. The van der Waals surface area contributed by atoms with Crippen LogP contribution in [-0.4, -0.2) is 43.8 Å². The predicted octanol–water partition coefficient (Wildman–Crippen LogP) is 3.21. The second-order valence-electron chi connectivity index (χ2n) is 6.94. The third-order valence-corrected chi connectivity index (χ3v) is 6.03. The highest BCUT2D eigenvalue weighted by molar-refractivity contribution is 7.22. The van der Waals surface area contributed by atoms with Crippen LogP contribution in [0, 0.1) is 5.92 Å². The Labute approximate surface area is 180 Å². The number of nitrogens with zero attached hydrogens (tertiary/aromatic N) is 4. The summed E-state index contributed by atoms with van der Waals surface area (Å²) in [7, 11) is 0. The number of imidazole rings is 1. The average molecular weight is 444 g/mol. The zero-order valence-corrected chi connectivity index (χ0v) is 17.3. The summed E-state index contributed by atoms with van der Waals surface area (Å²) in [5.41, 5.74) is 7.65. The molecule has 5 rings (SSSR count). The van der Waals surface area contributed by atoms with E-state index in [4.69, 9.17) is 22.1 Å². The minimum Gasteiger partial charge on any atom is -0.492 e. The summed E-state index contributed by atoms with van der Waals surface area (Å²) >= 11 is 7.88. The number of halogens is 1. The summed E-state index contributed by atoms with van der Waals surface area (Å²) in [6.45, 7) is 0.850. The van der Waals surface area contributed by atoms with Gasteiger partial charge in [-0.15, -0.1) is 0 Å². The Kier molecular flexibility index (Phi) is 4.89. The zero-order valence-electron chi connectivity index (χ0n) is 15.8. The number of fused-ring (bicyclic) bond motifs is 1. The number of aromatic nitrogens is 5. The van der Waals surface area contributed by atoms with Crippen molar-refractivity contribution in [2.24, 2.45) is 11.7 Å². The van der Waals surface area contributed by atoms with E-state index in [0.29, 0.717) is 40.5 Å². The highest BCUT2D eigenvalue weighted by Crippen LogP contribution is 2.36. The van der Waals surface area contributed by atoms with Crippen molar-refractivity contribution in [1.29, 1.82) is 0 Å². The highest BCUT2D eigenvalue weighted by Gasteiger charge is 2.30. The highest BCUT2D eigenvalue weighted by atomic mass is 35.5. The Morgan fingerprint density at radius 1 is 1.43 bits per heavy atom. The number of ether oxygens (including phenoxy) is 1. The maximum absolute atomic E-state index is 12.0. The molecule has 9 nitrogen and oxygen atoms in total. The summed E-state index contributed by atoms with van der Waals surface area (Å²) < 4.78 is 8.19. The Bertz CT molecular complexity index is 1230. The molecule has 0 aliphatic heterocycles. The number of H-pyrrole nitrogens is 1. The van der Waals surface area contributed by atoms with Gasteiger partial charge in [-0.2, -0.15) is 5.10 Å². The lowest BCUT2D eigenvalue weighted by molar-refractivity contribution is -0.117. The first kappa shape index (κ1) is 19.0. The van der Waals surface area contributed by atoms with Crippen molar-refractivity contribution < 1.29 is 9.53 Å². The van der Waals surface area contributed by atoms with Crippen molar-refractivity contribution in [1.82, 2.24) is 24.7 Å². The molecule has 0 saturated heterocycles. The molecule has 0 radical (unpaired) electrons. The molecule has 1 aliphatic rings. The molecule has 11 heteroatoms. The molecule has 1 saturated carbocycles. The molecule has 154 valence electrons. The lowest BCUT2D eigenvalue weighted by Gasteiger charge is -2.10. The Morgan fingerprint density at radius 3 is 3.07 bits per heavy atom. The van der Waals surface area contributed by atoms with Crippen LogP contribution in [0.2, 0.25) is 5.02 Å². The van der Waals surface area contributed by atoms with Crippen molar-refractivity contribution in [2.45, 2.75) is 12.8 Å². The molecule has 1 aromatic carbocycles. The quantitative estimate of drug-likeness (QED) is 0.403. The normalized spacial score (nSPS) is 13.7. The summed E-state index contributed by atoms with van der Waals surface area (Å²) in [6, 6.07) is 5.47. The molecule has 0 spiro atoms. The number of rotatable bonds is 7. The summed E-state index contributed by atoms with van der Waals surface area (Å²) in [5.74, 6) is 1.43. The van der Waals surface area contributed by atoms with Crippen LogP contribution in [0.25, 0.3) is 27.4 Å². The zero-order chi connectivity index (χ0) is 20.7. The first-order valence-electron chi connectivity index (χ1n) is 9.45. The lowest BCUT2D eigenvalue weighted by atomic mass is 10.1. The molecule has 30 heavy (non-hydrogen) atoms. The van der Waals surface area contributed by atoms with E-state index in [1.54, 1.807) is 18.6 Å². The number of aromatic amines is 1. The predicted molar refractivity (Wildman–Crippen MR) is 115 cm³/mol. The number of amides is 1. The first-order chi connectivity index (χ1) is 14.6. The molecule has 1 aliphatic carbocycles. The second-order valence-corrected chi connectivity index (χ2v) is 8.34. The van der Waals surface area contributed by atoms with Gasteiger partial charge in [0, 0.05) is 18.0 Å². The molecule has 4 N–H and O–H groups in total. The van der Waals surface area contributed by atoms with E-state index in [9.17, 15) is 4.79 Å². The van der Waals surface area contributed by atoms with Gasteiger partial charge < -0.3 is 15.8 Å². The van der Waals surface area contributed by atoms with Gasteiger partial charge in [-0.05, 0) is 31.0 Å². The van der Waals surface area contributed by atoms with Crippen LogP contribution in [0.4, 0.5) is 5.13 Å². The number of benzene rings is 1. The number of anilines is 1. The molecule has 0 atom stereocenters. The van der Waals surface area contributed by atoms with Crippen molar-refractivity contribution in [3.05, 3.63) is 35.7 Å². The van der Waals surface area contributed by atoms with Crippen LogP contribution in [0.1, 0.15) is 12.8 Å². The van der Waals surface area contributed by atoms with Gasteiger partial charge in [0.15, 0.2) is 16.6 Å². The van der Waals surface area contributed by atoms with Crippen LogP contribution in [0.5, 0.6) is 5.75 Å². The third-order valence-electron chi connectivity index (χ3n) is 4.75.